The van der Waals surface area contributed by atoms with Crippen LogP contribution >= 0.6 is 7.82 Å². The van der Waals surface area contributed by atoms with Crippen molar-refractivity contribution >= 4 is 37.1 Å². The number of carbonyl (C=O) groups excluding carboxylic acids is 2. The van der Waals surface area contributed by atoms with Gasteiger partial charge in [0.15, 0.2) is 5.97 Å². The fourth-order valence-corrected chi connectivity index (χ4v) is 0.416. The van der Waals surface area contributed by atoms with Crippen molar-refractivity contribution in [1.82, 2.24) is 0 Å². The van der Waals surface area contributed by atoms with E-state index in [0.717, 1.165) is 0 Å². The van der Waals surface area contributed by atoms with E-state index in [2.05, 4.69) is 4.52 Å². The molecule has 0 rings (SSSR count). The first-order chi connectivity index (χ1) is 4.33. The second kappa shape index (κ2) is 4.49. The van der Waals surface area contributed by atoms with E-state index in [-0.39, 0.29) is 17.4 Å². The average Bonchev–Trinajstić information content (AvgIpc) is 1.60. The Balaban J connectivity index is 0. The van der Waals surface area contributed by atoms with Crippen LogP contribution in [0.4, 0.5) is 0 Å². The molecule has 0 aliphatic heterocycles. The summed E-state index contributed by atoms with van der Waals surface area (Å²) in [4.78, 5) is 38.1. The van der Waals surface area contributed by atoms with Crippen LogP contribution in [0.2, 0.25) is 0 Å². The zero-order valence-corrected chi connectivity index (χ0v) is 6.93. The number of carboxylic acids is 1. The zero-order chi connectivity index (χ0) is 8.36. The molecule has 0 aromatic rings. The van der Waals surface area contributed by atoms with Crippen LogP contribution in [0.3, 0.4) is 0 Å². The maximum Gasteiger partial charge on any atom is 3.00 e. The zero-order valence-electron chi connectivity index (χ0n) is 4.88. The van der Waals surface area contributed by atoms with Crippen LogP contribution in [-0.4, -0.2) is 29.3 Å². The first kappa shape index (κ1) is 13.2. The third-order valence-electron chi connectivity index (χ3n) is 0.361. The molecule has 0 amide bonds. The number of rotatable bonds is 1. The molecule has 58 valence electrons. The second-order valence-electron chi connectivity index (χ2n) is 1.11. The van der Waals surface area contributed by atoms with Crippen LogP contribution in [-0.2, 0) is 18.7 Å². The van der Waals surface area contributed by atoms with E-state index in [1.807, 2.05) is 0 Å². The summed E-state index contributed by atoms with van der Waals surface area (Å²) in [5.41, 5.74) is 0. The summed E-state index contributed by atoms with van der Waals surface area (Å²) >= 11 is 0. The van der Waals surface area contributed by atoms with Gasteiger partial charge in [0.2, 0.25) is 0 Å². The predicted molar refractivity (Wildman–Crippen MR) is 24.5 cm³/mol. The molecule has 0 heterocycles. The monoisotopic (exact) mass is 194 g/mol. The van der Waals surface area contributed by atoms with Gasteiger partial charge in [-0.3, -0.25) is 0 Å². The van der Waals surface area contributed by atoms with Crippen molar-refractivity contribution in [3.63, 3.8) is 0 Å². The molecule has 0 bridgehead atoms. The maximum absolute atomic E-state index is 9.70. The van der Waals surface area contributed by atoms with E-state index in [1.165, 1.54) is 0 Å². The largest absolute Gasteiger partial charge is 3.00 e. The second-order valence-corrected chi connectivity index (χ2v) is 2.19. The molecule has 0 aliphatic rings. The molecule has 0 saturated carbocycles. The van der Waals surface area contributed by atoms with E-state index in [0.29, 0.717) is 0 Å². The molecule has 0 aromatic heterocycles. The van der Waals surface area contributed by atoms with Crippen molar-refractivity contribution in [3.05, 3.63) is 0 Å². The van der Waals surface area contributed by atoms with Crippen molar-refractivity contribution in [1.29, 1.82) is 0 Å². The Kier molecular flexibility index (Phi) is 5.40. The Bertz CT molecular complexity index is 204. The van der Waals surface area contributed by atoms with Gasteiger partial charge in [-0.25, -0.2) is 4.79 Å². The van der Waals surface area contributed by atoms with Crippen molar-refractivity contribution in [2.45, 2.75) is 0 Å². The van der Waals surface area contributed by atoms with Crippen molar-refractivity contribution < 1.29 is 33.6 Å². The number of phosphoric ester groups is 1. The van der Waals surface area contributed by atoms with Gasteiger partial charge in [0, 0.05) is 0 Å². The van der Waals surface area contributed by atoms with Crippen LogP contribution in [0, 0.1) is 0 Å². The predicted octanol–water partition coefficient (Wildman–Crippen LogP) is -4.27. The summed E-state index contributed by atoms with van der Waals surface area (Å²) in [6.45, 7) is 0. The first-order valence-corrected chi connectivity index (χ1v) is 3.26. The van der Waals surface area contributed by atoms with Crippen LogP contribution in [0.5, 0.6) is 0 Å². The molecule has 11 heavy (non-hydrogen) atoms. The Morgan fingerprint density at radius 2 is 1.64 bits per heavy atom. The Hall–Kier alpha value is -0.378. The molecule has 9 heteroatoms. The molecule has 7 nitrogen and oxygen atoms in total. The molecule has 0 radical (unpaired) electrons. The summed E-state index contributed by atoms with van der Waals surface area (Å²) in [5.74, 6) is -4.60. The summed E-state index contributed by atoms with van der Waals surface area (Å²) < 4.78 is 12.3. The number of carboxylic acid groups (broad SMARTS) is 1. The third kappa shape index (κ3) is 7.52. The first-order valence-electron chi connectivity index (χ1n) is 1.80. The SMILES string of the molecule is O=C([O-])C(=O)OP(=O)([O-])[O-].[Al+3]. The minimum absolute atomic E-state index is 0. The van der Waals surface area contributed by atoms with Gasteiger partial charge in [0.05, 0.1) is 0 Å². The number of aliphatic carboxylic acids is 1. The van der Waals surface area contributed by atoms with E-state index >= 15 is 0 Å². The number of carbonyl (C=O) groups is 2. The quantitative estimate of drug-likeness (QED) is 0.234. The smallest absolute Gasteiger partial charge is 0.780 e. The number of hydrogen-bond acceptors (Lipinski definition) is 7. The molecular formula is C2AlO7P. The Labute approximate surface area is 71.3 Å². The van der Waals surface area contributed by atoms with Gasteiger partial charge in [-0.05, 0) is 0 Å². The molecule has 0 saturated heterocycles. The van der Waals surface area contributed by atoms with Gasteiger partial charge in [-0.2, -0.15) is 0 Å². The van der Waals surface area contributed by atoms with E-state index in [4.69, 9.17) is 0 Å². The third-order valence-corrected chi connectivity index (χ3v) is 0.751. The molecule has 0 aliphatic carbocycles. The van der Waals surface area contributed by atoms with E-state index < -0.39 is 19.8 Å². The molecule has 0 atom stereocenters. The average molecular weight is 194 g/mol. The molecule has 0 unspecified atom stereocenters. The minimum Gasteiger partial charge on any atom is -0.780 e. The fourth-order valence-electron chi connectivity index (χ4n) is 0.139. The van der Waals surface area contributed by atoms with Gasteiger partial charge < -0.3 is 28.8 Å². The Morgan fingerprint density at radius 3 is 1.73 bits per heavy atom. The maximum atomic E-state index is 9.70. The van der Waals surface area contributed by atoms with Crippen molar-refractivity contribution in [2.24, 2.45) is 0 Å². The van der Waals surface area contributed by atoms with Gasteiger partial charge in [0.25, 0.3) is 0 Å². The summed E-state index contributed by atoms with van der Waals surface area (Å²) in [5, 5.41) is 9.39. The fraction of sp³-hybridized carbons (Fsp3) is 0. The van der Waals surface area contributed by atoms with E-state index in [1.54, 1.807) is 0 Å². The number of phosphoric acid groups is 1. The molecule has 0 spiro atoms. The summed E-state index contributed by atoms with van der Waals surface area (Å²) in [6, 6.07) is 0. The van der Waals surface area contributed by atoms with Crippen LogP contribution in [0.25, 0.3) is 0 Å². The van der Waals surface area contributed by atoms with Crippen LogP contribution in [0.1, 0.15) is 0 Å². The van der Waals surface area contributed by atoms with E-state index in [9.17, 15) is 29.0 Å². The van der Waals surface area contributed by atoms with Gasteiger partial charge in [-0.1, -0.05) is 0 Å². The normalized spacial score (nSPS) is 9.64. The van der Waals surface area contributed by atoms with Gasteiger partial charge >= 0.3 is 23.3 Å². The number of hydrogen-bond donors (Lipinski definition) is 0. The molecular weight excluding hydrogens is 194 g/mol. The topological polar surface area (TPSA) is 130 Å². The summed E-state index contributed by atoms with van der Waals surface area (Å²) in [6.07, 6.45) is 0. The van der Waals surface area contributed by atoms with Crippen LogP contribution < -0.4 is 14.9 Å². The van der Waals surface area contributed by atoms with Crippen LogP contribution in [0.15, 0.2) is 0 Å². The van der Waals surface area contributed by atoms with Crippen molar-refractivity contribution in [2.75, 3.05) is 0 Å². The Morgan fingerprint density at radius 1 is 1.27 bits per heavy atom. The van der Waals surface area contributed by atoms with Gasteiger partial charge in [-0.15, -0.1) is 0 Å². The molecule has 0 fully saturated rings. The van der Waals surface area contributed by atoms with Crippen molar-refractivity contribution in [3.8, 4) is 0 Å². The molecule has 0 aromatic carbocycles. The minimum atomic E-state index is -5.55. The summed E-state index contributed by atoms with van der Waals surface area (Å²) in [7, 11) is -5.55. The molecule has 0 N–H and O–H groups in total. The standard InChI is InChI=1S/C2H3O7P.Al/c3-1(4)2(5)9-10(6,7)8;/h(H,3,4)(H2,6,7,8);/q;+3/p-3. The van der Waals surface area contributed by atoms with Gasteiger partial charge in [0.1, 0.15) is 7.82 Å².